The molecule has 2 heterocycles. The van der Waals surface area contributed by atoms with Crippen LogP contribution in [-0.2, 0) is 6.42 Å². The van der Waals surface area contributed by atoms with E-state index < -0.39 is 5.60 Å². The van der Waals surface area contributed by atoms with Crippen molar-refractivity contribution in [1.82, 2.24) is 0 Å². The second kappa shape index (κ2) is 8.47. The number of hydrogen-bond donors (Lipinski definition) is 2. The highest BCUT2D eigenvalue weighted by atomic mass is 16.5. The Morgan fingerprint density at radius 1 is 1.12 bits per heavy atom. The average molecular weight is 447 g/mol. The van der Waals surface area contributed by atoms with Crippen molar-refractivity contribution in [2.24, 2.45) is 0 Å². The maximum Gasteiger partial charge on any atom is 0.204 e. The predicted octanol–water partition coefficient (Wildman–Crippen LogP) is 6.78. The molecule has 2 aromatic carbocycles. The number of fused-ring (bicyclic) bond motifs is 4. The summed E-state index contributed by atoms with van der Waals surface area (Å²) in [6.07, 6.45) is 10.4. The Labute approximate surface area is 193 Å². The van der Waals surface area contributed by atoms with Gasteiger partial charge in [0.1, 0.15) is 33.8 Å². The fraction of sp³-hybridized carbons (Fsp3) is 0.321. The molecule has 0 radical (unpaired) electrons. The molecule has 5 heteroatoms. The van der Waals surface area contributed by atoms with Crippen LogP contribution in [0.15, 0.2) is 56.8 Å². The van der Waals surface area contributed by atoms with Crippen LogP contribution in [0.25, 0.3) is 28.0 Å². The molecule has 0 saturated carbocycles. The van der Waals surface area contributed by atoms with E-state index in [1.54, 1.807) is 0 Å². The van der Waals surface area contributed by atoms with E-state index in [1.807, 2.05) is 26.0 Å². The molecule has 0 saturated heterocycles. The fourth-order valence-electron chi connectivity index (χ4n) is 4.12. The van der Waals surface area contributed by atoms with Gasteiger partial charge in [-0.25, -0.2) is 0 Å². The van der Waals surface area contributed by atoms with E-state index in [-0.39, 0.29) is 33.5 Å². The topological polar surface area (TPSA) is 79.9 Å². The summed E-state index contributed by atoms with van der Waals surface area (Å²) in [6, 6.07) is 4.35. The second-order valence-corrected chi connectivity index (χ2v) is 9.50. The van der Waals surface area contributed by atoms with Crippen molar-refractivity contribution in [2.45, 2.75) is 59.5 Å². The molecule has 0 atom stereocenters. The van der Waals surface area contributed by atoms with Crippen molar-refractivity contribution in [1.29, 1.82) is 0 Å². The van der Waals surface area contributed by atoms with E-state index in [2.05, 4.69) is 32.9 Å². The first-order valence-corrected chi connectivity index (χ1v) is 11.2. The molecule has 172 valence electrons. The van der Waals surface area contributed by atoms with E-state index in [1.165, 1.54) is 29.3 Å². The van der Waals surface area contributed by atoms with Crippen LogP contribution in [0, 0.1) is 0 Å². The van der Waals surface area contributed by atoms with E-state index in [0.717, 1.165) is 12.8 Å². The van der Waals surface area contributed by atoms with Gasteiger partial charge in [0.25, 0.3) is 0 Å². The van der Waals surface area contributed by atoms with Crippen LogP contribution in [0.4, 0.5) is 0 Å². The standard InChI is InChI=1S/C28H30O5/c1-16(2)7-6-8-17(3)9-11-20-25(31)23-24(30)19-12-10-18(29)15-22(19)32-27(23)21-13-14-28(4,5)33-26(20)21/h7,9-10,12-15,29,31H,6,8,11H2,1-5H3. The maximum absolute atomic E-state index is 13.3. The third-order valence-corrected chi connectivity index (χ3v) is 5.92. The average Bonchev–Trinajstić information content (AvgIpc) is 2.72. The molecule has 1 aliphatic rings. The summed E-state index contributed by atoms with van der Waals surface area (Å²) in [4.78, 5) is 13.3. The Balaban J connectivity index is 1.92. The Hall–Kier alpha value is -3.47. The molecule has 1 aliphatic heterocycles. The van der Waals surface area contributed by atoms with E-state index >= 15 is 0 Å². The van der Waals surface area contributed by atoms with Crippen molar-refractivity contribution >= 4 is 28.0 Å². The molecule has 0 fully saturated rings. The Bertz CT molecular complexity index is 1400. The highest BCUT2D eigenvalue weighted by Crippen LogP contribution is 2.45. The molecular formula is C28H30O5. The zero-order chi connectivity index (χ0) is 23.9. The third-order valence-electron chi connectivity index (χ3n) is 5.92. The second-order valence-electron chi connectivity index (χ2n) is 9.50. The van der Waals surface area contributed by atoms with E-state index in [0.29, 0.717) is 28.7 Å². The summed E-state index contributed by atoms with van der Waals surface area (Å²) in [6.45, 7) is 10.1. The SMILES string of the molecule is CC(C)=CCCC(C)=CCc1c2c(c3oc4cc(O)ccc4c(=O)c3c1O)C=CC(C)(C)O2. The molecule has 0 amide bonds. The van der Waals surface area contributed by atoms with Crippen LogP contribution < -0.4 is 10.2 Å². The molecule has 4 rings (SSSR count). The highest BCUT2D eigenvalue weighted by molar-refractivity contribution is 6.00. The number of phenols is 2. The minimum Gasteiger partial charge on any atom is -0.508 e. The van der Waals surface area contributed by atoms with Gasteiger partial charge in [0.05, 0.1) is 10.9 Å². The first-order chi connectivity index (χ1) is 15.6. The van der Waals surface area contributed by atoms with Crippen molar-refractivity contribution in [3.05, 3.63) is 68.9 Å². The maximum atomic E-state index is 13.3. The summed E-state index contributed by atoms with van der Waals surface area (Å²) in [7, 11) is 0. The minimum absolute atomic E-state index is 0.00126. The summed E-state index contributed by atoms with van der Waals surface area (Å²) in [5, 5.41) is 21.6. The Morgan fingerprint density at radius 2 is 1.88 bits per heavy atom. The van der Waals surface area contributed by atoms with E-state index in [9.17, 15) is 15.0 Å². The van der Waals surface area contributed by atoms with Gasteiger partial charge in [0, 0.05) is 11.6 Å². The van der Waals surface area contributed by atoms with Crippen molar-refractivity contribution in [3.8, 4) is 17.2 Å². The van der Waals surface area contributed by atoms with Crippen LogP contribution in [0.1, 0.15) is 58.6 Å². The fourth-order valence-corrected chi connectivity index (χ4v) is 4.12. The monoisotopic (exact) mass is 446 g/mol. The van der Waals surface area contributed by atoms with E-state index in [4.69, 9.17) is 9.15 Å². The number of phenolic OH excluding ortho intramolecular Hbond substituents is 2. The number of hydrogen-bond acceptors (Lipinski definition) is 5. The van der Waals surface area contributed by atoms with Gasteiger partial charge in [-0.2, -0.15) is 0 Å². The lowest BCUT2D eigenvalue weighted by molar-refractivity contribution is 0.157. The quantitative estimate of drug-likeness (QED) is 0.334. The molecule has 0 unspecified atom stereocenters. The molecule has 0 bridgehead atoms. The predicted molar refractivity (Wildman–Crippen MR) is 133 cm³/mol. The van der Waals surface area contributed by atoms with Crippen molar-refractivity contribution < 1.29 is 19.4 Å². The summed E-state index contributed by atoms with van der Waals surface area (Å²) in [5.74, 6) is 0.400. The van der Waals surface area contributed by atoms with Crippen LogP contribution >= 0.6 is 0 Å². The summed E-state index contributed by atoms with van der Waals surface area (Å²) >= 11 is 0. The first kappa shape index (κ1) is 22.7. The lowest BCUT2D eigenvalue weighted by atomic mass is 9.94. The van der Waals surface area contributed by atoms with Gasteiger partial charge in [-0.15, -0.1) is 0 Å². The van der Waals surface area contributed by atoms with Crippen molar-refractivity contribution in [2.75, 3.05) is 0 Å². The van der Waals surface area contributed by atoms with Gasteiger partial charge < -0.3 is 19.4 Å². The van der Waals surface area contributed by atoms with Gasteiger partial charge in [-0.3, -0.25) is 4.79 Å². The lowest BCUT2D eigenvalue weighted by Gasteiger charge is -2.30. The number of benzene rings is 2. The molecular weight excluding hydrogens is 416 g/mol. The smallest absolute Gasteiger partial charge is 0.204 e. The number of allylic oxidation sites excluding steroid dienone is 4. The van der Waals surface area contributed by atoms with Gasteiger partial charge in [-0.05, 0) is 78.2 Å². The zero-order valence-corrected chi connectivity index (χ0v) is 19.8. The Kier molecular flexibility index (Phi) is 5.83. The van der Waals surface area contributed by atoms with Gasteiger partial charge in [0.2, 0.25) is 5.43 Å². The zero-order valence-electron chi connectivity index (χ0n) is 19.8. The largest absolute Gasteiger partial charge is 0.508 e. The molecule has 1 aromatic heterocycles. The number of rotatable bonds is 5. The summed E-state index contributed by atoms with van der Waals surface area (Å²) in [5.41, 5.74) is 3.29. The molecule has 33 heavy (non-hydrogen) atoms. The third kappa shape index (κ3) is 4.40. The normalized spacial score (nSPS) is 14.9. The Morgan fingerprint density at radius 3 is 2.61 bits per heavy atom. The first-order valence-electron chi connectivity index (χ1n) is 11.2. The number of aromatic hydroxyl groups is 2. The van der Waals surface area contributed by atoms with Gasteiger partial charge in [0.15, 0.2) is 5.58 Å². The van der Waals surface area contributed by atoms with Crippen LogP contribution in [0.2, 0.25) is 0 Å². The van der Waals surface area contributed by atoms with Gasteiger partial charge in [-0.1, -0.05) is 23.3 Å². The molecule has 0 aliphatic carbocycles. The number of ether oxygens (including phenoxy) is 1. The van der Waals surface area contributed by atoms with Crippen LogP contribution in [-0.4, -0.2) is 15.8 Å². The lowest BCUT2D eigenvalue weighted by Crippen LogP contribution is -2.28. The molecule has 2 N–H and O–H groups in total. The summed E-state index contributed by atoms with van der Waals surface area (Å²) < 4.78 is 12.3. The molecule has 5 nitrogen and oxygen atoms in total. The van der Waals surface area contributed by atoms with Crippen LogP contribution in [0.3, 0.4) is 0 Å². The van der Waals surface area contributed by atoms with Crippen LogP contribution in [0.5, 0.6) is 17.2 Å². The van der Waals surface area contributed by atoms with Gasteiger partial charge >= 0.3 is 0 Å². The molecule has 0 spiro atoms. The molecule has 3 aromatic rings. The minimum atomic E-state index is -0.570. The van der Waals surface area contributed by atoms with Crippen molar-refractivity contribution in [3.63, 3.8) is 0 Å². The highest BCUT2D eigenvalue weighted by Gasteiger charge is 2.30.